The number of rotatable bonds is 1. The Labute approximate surface area is 200 Å². The lowest BCUT2D eigenvalue weighted by molar-refractivity contribution is 0.359. The summed E-state index contributed by atoms with van der Waals surface area (Å²) in [5.74, 6) is 0.892. The van der Waals surface area contributed by atoms with Gasteiger partial charge in [-0.05, 0) is 42.2 Å². The van der Waals surface area contributed by atoms with Crippen LogP contribution in [-0.4, -0.2) is 32.0 Å². The van der Waals surface area contributed by atoms with Crippen LogP contribution in [0.25, 0.3) is 12.2 Å². The predicted molar refractivity (Wildman–Crippen MR) is 141 cm³/mol. The zero-order chi connectivity index (χ0) is 23.1. The van der Waals surface area contributed by atoms with Crippen LogP contribution in [0.5, 0.6) is 5.75 Å². The number of anilines is 3. The first-order valence-corrected chi connectivity index (χ1v) is 12.3. The van der Waals surface area contributed by atoms with Crippen molar-refractivity contribution < 1.29 is 4.74 Å². The minimum absolute atomic E-state index is 0.0393. The smallest absolute Gasteiger partial charge is 0.148 e. The number of likely N-dealkylation sites (N-methyl/N-ethyl adjacent to an activating group) is 1. The fraction of sp³-hybridized carbons (Fsp3) is 0.300. The standard InChI is InChI=1S/C30H29N3O/c1-29(2)23-9-5-7-11-25(23)32(3)30(29)14-12-21-22(19-30)26(18-27-28(21)31-15-17-34-27)33-16-13-20-8-4-6-10-24(20)33/h4-12,15,18-19H,13-14,16-17H2,1-3H3. The van der Waals surface area contributed by atoms with Gasteiger partial charge in [0.25, 0.3) is 0 Å². The summed E-state index contributed by atoms with van der Waals surface area (Å²) >= 11 is 0. The Balaban J connectivity index is 1.52. The summed E-state index contributed by atoms with van der Waals surface area (Å²) in [6, 6.07) is 19.9. The molecule has 1 aliphatic carbocycles. The summed E-state index contributed by atoms with van der Waals surface area (Å²) in [7, 11) is 2.26. The van der Waals surface area contributed by atoms with Crippen LogP contribution < -0.4 is 25.0 Å². The first-order valence-electron chi connectivity index (χ1n) is 12.3. The summed E-state index contributed by atoms with van der Waals surface area (Å²) < 4.78 is 6.09. The third-order valence-electron chi connectivity index (χ3n) is 8.65. The minimum atomic E-state index is -0.148. The van der Waals surface area contributed by atoms with Gasteiger partial charge in [-0.25, -0.2) is 0 Å². The van der Waals surface area contributed by atoms with Crippen LogP contribution in [0.4, 0.5) is 22.7 Å². The Bertz CT molecular complexity index is 1500. The predicted octanol–water partition coefficient (Wildman–Crippen LogP) is 4.61. The molecule has 3 aromatic rings. The van der Waals surface area contributed by atoms with Crippen LogP contribution in [0.2, 0.25) is 0 Å². The molecule has 7 rings (SSSR count). The molecule has 4 heteroatoms. The number of hydrogen-bond acceptors (Lipinski definition) is 4. The molecule has 1 atom stereocenters. The van der Waals surface area contributed by atoms with Gasteiger partial charge in [0.2, 0.25) is 0 Å². The highest BCUT2D eigenvalue weighted by Crippen LogP contribution is 2.54. The molecular weight excluding hydrogens is 418 g/mol. The summed E-state index contributed by atoms with van der Waals surface area (Å²) in [4.78, 5) is 9.78. The SMILES string of the molecule is CN1c2ccccc2C(C)(C)C12C=c1c(N3CCc4ccccc43)cc3c(c1=CC2)N=CCO3. The number of nitrogens with zero attached hydrogens (tertiary/aromatic N) is 3. The van der Waals surface area contributed by atoms with Crippen molar-refractivity contribution >= 4 is 41.1 Å². The Morgan fingerprint density at radius 1 is 0.941 bits per heavy atom. The summed E-state index contributed by atoms with van der Waals surface area (Å²) in [5.41, 5.74) is 7.47. The number of benzene rings is 3. The van der Waals surface area contributed by atoms with E-state index in [1.165, 1.54) is 38.6 Å². The number of para-hydroxylation sites is 2. The molecule has 0 saturated carbocycles. The molecular formula is C30H29N3O. The van der Waals surface area contributed by atoms with Crippen LogP contribution >= 0.6 is 0 Å². The first kappa shape index (κ1) is 19.9. The van der Waals surface area contributed by atoms with E-state index in [0.29, 0.717) is 6.61 Å². The number of aliphatic imine (C=N–C) groups is 1. The molecule has 0 saturated heterocycles. The van der Waals surface area contributed by atoms with Crippen molar-refractivity contribution in [3.8, 4) is 5.75 Å². The van der Waals surface area contributed by atoms with Crippen molar-refractivity contribution in [3.05, 3.63) is 76.2 Å². The van der Waals surface area contributed by atoms with Crippen molar-refractivity contribution in [3.63, 3.8) is 0 Å². The summed E-state index contributed by atoms with van der Waals surface area (Å²) in [5, 5.41) is 2.48. The van der Waals surface area contributed by atoms with Crippen LogP contribution in [0.3, 0.4) is 0 Å². The Kier molecular flexibility index (Phi) is 3.95. The molecule has 0 bridgehead atoms. The Morgan fingerprint density at radius 2 is 1.74 bits per heavy atom. The highest BCUT2D eigenvalue weighted by molar-refractivity contribution is 5.82. The molecule has 3 aromatic carbocycles. The zero-order valence-corrected chi connectivity index (χ0v) is 20.0. The monoisotopic (exact) mass is 447 g/mol. The molecule has 0 aromatic heterocycles. The molecule has 1 unspecified atom stereocenters. The molecule has 0 fully saturated rings. The molecule has 34 heavy (non-hydrogen) atoms. The van der Waals surface area contributed by atoms with Gasteiger partial charge < -0.3 is 14.5 Å². The number of fused-ring (bicyclic) bond motifs is 5. The Hall–Kier alpha value is -3.53. The molecule has 3 aliphatic heterocycles. The van der Waals surface area contributed by atoms with Crippen LogP contribution in [0.15, 0.2) is 59.6 Å². The van der Waals surface area contributed by atoms with Gasteiger partial charge in [-0.15, -0.1) is 0 Å². The van der Waals surface area contributed by atoms with Crippen LogP contribution in [-0.2, 0) is 11.8 Å². The summed E-state index contributed by atoms with van der Waals surface area (Å²) in [6.07, 6.45) is 8.83. The van der Waals surface area contributed by atoms with Crippen molar-refractivity contribution in [1.82, 2.24) is 0 Å². The second kappa shape index (κ2) is 6.75. The number of hydrogen-bond donors (Lipinski definition) is 0. The topological polar surface area (TPSA) is 28.1 Å². The van der Waals surface area contributed by atoms with Crippen molar-refractivity contribution in [2.24, 2.45) is 4.99 Å². The second-order valence-corrected chi connectivity index (χ2v) is 10.4. The van der Waals surface area contributed by atoms with Crippen LogP contribution in [0.1, 0.15) is 31.4 Å². The minimum Gasteiger partial charge on any atom is -0.486 e. The molecule has 0 N–H and O–H groups in total. The van der Waals surface area contributed by atoms with E-state index >= 15 is 0 Å². The van der Waals surface area contributed by atoms with Gasteiger partial charge in [0.05, 0.1) is 11.2 Å². The Morgan fingerprint density at radius 3 is 2.59 bits per heavy atom. The normalized spacial score (nSPS) is 22.9. The van der Waals surface area contributed by atoms with E-state index in [4.69, 9.17) is 9.73 Å². The average molecular weight is 448 g/mol. The van der Waals surface area contributed by atoms with Gasteiger partial charge in [0.15, 0.2) is 0 Å². The zero-order valence-electron chi connectivity index (χ0n) is 20.0. The molecule has 0 radical (unpaired) electrons. The fourth-order valence-corrected chi connectivity index (χ4v) is 6.72. The van der Waals surface area contributed by atoms with Gasteiger partial charge in [-0.2, -0.15) is 0 Å². The highest BCUT2D eigenvalue weighted by atomic mass is 16.5. The molecule has 3 heterocycles. The van der Waals surface area contributed by atoms with Crippen molar-refractivity contribution in [1.29, 1.82) is 0 Å². The third-order valence-corrected chi connectivity index (χ3v) is 8.65. The van der Waals surface area contributed by atoms with E-state index in [2.05, 4.69) is 97.4 Å². The molecule has 170 valence electrons. The lowest BCUT2D eigenvalue weighted by Gasteiger charge is -2.45. The molecule has 1 spiro atoms. The van der Waals surface area contributed by atoms with Gasteiger partial charge in [0.1, 0.15) is 18.0 Å². The molecule has 4 aliphatic rings. The van der Waals surface area contributed by atoms with E-state index in [9.17, 15) is 0 Å². The van der Waals surface area contributed by atoms with E-state index < -0.39 is 0 Å². The van der Waals surface area contributed by atoms with Crippen molar-refractivity contribution in [2.45, 2.75) is 37.6 Å². The van der Waals surface area contributed by atoms with Gasteiger partial charge in [-0.1, -0.05) is 56.3 Å². The fourth-order valence-electron chi connectivity index (χ4n) is 6.72. The third kappa shape index (κ3) is 2.41. The maximum atomic E-state index is 6.09. The van der Waals surface area contributed by atoms with E-state index in [0.717, 1.165) is 30.8 Å². The largest absolute Gasteiger partial charge is 0.486 e. The van der Waals surface area contributed by atoms with E-state index in [1.807, 2.05) is 6.21 Å². The molecule has 4 nitrogen and oxygen atoms in total. The van der Waals surface area contributed by atoms with Gasteiger partial charge in [0, 0.05) is 53.1 Å². The average Bonchev–Trinajstić information content (AvgIpc) is 3.36. The van der Waals surface area contributed by atoms with E-state index in [1.54, 1.807) is 0 Å². The summed E-state index contributed by atoms with van der Waals surface area (Å²) in [6.45, 7) is 6.30. The van der Waals surface area contributed by atoms with Crippen molar-refractivity contribution in [2.75, 3.05) is 30.0 Å². The highest BCUT2D eigenvalue weighted by Gasteiger charge is 2.54. The first-order chi connectivity index (χ1) is 16.5. The molecule has 0 amide bonds. The number of ether oxygens (including phenoxy) is 1. The van der Waals surface area contributed by atoms with Gasteiger partial charge >= 0.3 is 0 Å². The maximum absolute atomic E-state index is 6.09. The quantitative estimate of drug-likeness (QED) is 0.546. The lowest BCUT2D eigenvalue weighted by atomic mass is 9.67. The lowest BCUT2D eigenvalue weighted by Crippen LogP contribution is -2.56. The van der Waals surface area contributed by atoms with Crippen LogP contribution in [0, 0.1) is 0 Å². The van der Waals surface area contributed by atoms with Gasteiger partial charge in [-0.3, -0.25) is 4.99 Å². The van der Waals surface area contributed by atoms with E-state index in [-0.39, 0.29) is 11.0 Å². The maximum Gasteiger partial charge on any atom is 0.148 e. The second-order valence-electron chi connectivity index (χ2n) is 10.4.